The fraction of sp³-hybridized carbons (Fsp3) is 1.00. The van der Waals surface area contributed by atoms with Crippen molar-refractivity contribution >= 4 is 10.8 Å². The van der Waals surface area contributed by atoms with Crippen molar-refractivity contribution in [3.8, 4) is 0 Å². The second kappa shape index (κ2) is 6.12. The molecule has 1 fully saturated rings. The lowest BCUT2D eigenvalue weighted by Gasteiger charge is -2.32. The molecule has 0 aromatic heterocycles. The number of hydrogen-bond donors (Lipinski definition) is 1. The number of hydrogen-bond acceptors (Lipinski definition) is 3. The molecule has 0 atom stereocenters. The first-order chi connectivity index (χ1) is 7.39. The Bertz CT molecular complexity index is 231. The maximum atomic E-state index is 11.2. The maximum Gasteiger partial charge on any atom is 0.0249 e. The molecule has 16 heavy (non-hydrogen) atoms. The Kier molecular flexibility index (Phi) is 5.41. The molecule has 4 heteroatoms. The van der Waals surface area contributed by atoms with Crippen LogP contribution in [-0.4, -0.2) is 53.8 Å². The third-order valence-corrected chi connectivity index (χ3v) is 4.38. The van der Waals surface area contributed by atoms with Crippen LogP contribution in [0, 0.1) is 5.41 Å². The lowest BCUT2D eigenvalue weighted by atomic mass is 9.92. The van der Waals surface area contributed by atoms with Gasteiger partial charge in [-0.2, -0.15) is 0 Å². The summed E-state index contributed by atoms with van der Waals surface area (Å²) in [5.41, 5.74) is 0.306. The zero-order valence-electron chi connectivity index (χ0n) is 11.1. The summed E-state index contributed by atoms with van der Waals surface area (Å²) >= 11 is 0. The predicted octanol–water partition coefficient (Wildman–Crippen LogP) is 1.07. The van der Waals surface area contributed by atoms with E-state index in [1.165, 1.54) is 0 Å². The van der Waals surface area contributed by atoms with Crippen LogP contribution in [0.1, 0.15) is 26.7 Å². The minimum Gasteiger partial charge on any atom is -0.313 e. The third-order valence-electron chi connectivity index (χ3n) is 3.00. The molecule has 0 spiro atoms. The van der Waals surface area contributed by atoms with Crippen molar-refractivity contribution in [2.45, 2.75) is 32.7 Å². The molecule has 0 saturated carbocycles. The topological polar surface area (TPSA) is 32.3 Å². The van der Waals surface area contributed by atoms with Crippen molar-refractivity contribution in [3.05, 3.63) is 0 Å². The molecule has 96 valence electrons. The van der Waals surface area contributed by atoms with E-state index in [-0.39, 0.29) is 0 Å². The highest BCUT2D eigenvalue weighted by atomic mass is 32.2. The van der Waals surface area contributed by atoms with E-state index in [4.69, 9.17) is 0 Å². The van der Waals surface area contributed by atoms with Gasteiger partial charge in [-0.1, -0.05) is 13.8 Å². The highest BCUT2D eigenvalue weighted by Gasteiger charge is 2.22. The van der Waals surface area contributed by atoms with Gasteiger partial charge < -0.3 is 10.2 Å². The summed E-state index contributed by atoms with van der Waals surface area (Å²) in [6, 6.07) is 0.583. The first-order valence-electron chi connectivity index (χ1n) is 6.12. The molecule has 0 aromatic rings. The van der Waals surface area contributed by atoms with Crippen molar-refractivity contribution in [2.75, 3.05) is 38.7 Å². The summed E-state index contributed by atoms with van der Waals surface area (Å²) in [5.74, 6) is 1.76. The standard InChI is InChI=1S/C12H26N2OS/c1-12(2,10-14(3)4)9-13-11-5-7-16(15)8-6-11/h11,13H,5-10H2,1-4H3. The van der Waals surface area contributed by atoms with E-state index in [9.17, 15) is 4.21 Å². The van der Waals surface area contributed by atoms with Gasteiger partial charge in [-0.3, -0.25) is 4.21 Å². The average Bonchev–Trinajstić information content (AvgIpc) is 2.15. The molecule has 0 aromatic carbocycles. The SMILES string of the molecule is CN(C)CC(C)(C)CNC1CCS(=O)CC1. The molecular formula is C12H26N2OS. The molecule has 0 bridgehead atoms. The van der Waals surface area contributed by atoms with E-state index in [0.29, 0.717) is 11.5 Å². The van der Waals surface area contributed by atoms with Gasteiger partial charge in [0.25, 0.3) is 0 Å². The minimum atomic E-state index is -0.543. The van der Waals surface area contributed by atoms with Gasteiger partial charge in [0.1, 0.15) is 0 Å². The molecule has 0 unspecified atom stereocenters. The van der Waals surface area contributed by atoms with Crippen LogP contribution in [0.5, 0.6) is 0 Å². The van der Waals surface area contributed by atoms with E-state index >= 15 is 0 Å². The summed E-state index contributed by atoms with van der Waals surface area (Å²) in [6.45, 7) is 6.73. The molecule has 0 radical (unpaired) electrons. The van der Waals surface area contributed by atoms with Gasteiger partial charge in [0.05, 0.1) is 0 Å². The highest BCUT2D eigenvalue weighted by Crippen LogP contribution is 2.16. The van der Waals surface area contributed by atoms with Crippen molar-refractivity contribution in [2.24, 2.45) is 5.41 Å². The lowest BCUT2D eigenvalue weighted by Crippen LogP contribution is -2.43. The van der Waals surface area contributed by atoms with E-state index in [0.717, 1.165) is 37.4 Å². The molecule has 1 rings (SSSR count). The van der Waals surface area contributed by atoms with E-state index in [1.807, 2.05) is 0 Å². The largest absolute Gasteiger partial charge is 0.313 e. The maximum absolute atomic E-state index is 11.2. The van der Waals surface area contributed by atoms with Crippen LogP contribution in [0.3, 0.4) is 0 Å². The minimum absolute atomic E-state index is 0.306. The fourth-order valence-electron chi connectivity index (χ4n) is 2.33. The summed E-state index contributed by atoms with van der Waals surface area (Å²) in [7, 11) is 3.69. The summed E-state index contributed by atoms with van der Waals surface area (Å²) < 4.78 is 11.2. The average molecular weight is 246 g/mol. The first-order valence-corrected chi connectivity index (χ1v) is 7.61. The molecular weight excluding hydrogens is 220 g/mol. The van der Waals surface area contributed by atoms with Crippen molar-refractivity contribution in [3.63, 3.8) is 0 Å². The summed E-state index contributed by atoms with van der Waals surface area (Å²) in [5, 5.41) is 3.63. The predicted molar refractivity (Wildman–Crippen MR) is 71.2 cm³/mol. The van der Waals surface area contributed by atoms with Crippen LogP contribution in [0.2, 0.25) is 0 Å². The Morgan fingerprint density at radius 3 is 2.38 bits per heavy atom. The quantitative estimate of drug-likeness (QED) is 0.788. The smallest absolute Gasteiger partial charge is 0.0249 e. The van der Waals surface area contributed by atoms with Gasteiger partial charge in [-0.15, -0.1) is 0 Å². The summed E-state index contributed by atoms with van der Waals surface area (Å²) in [4.78, 5) is 2.23. The van der Waals surface area contributed by atoms with Gasteiger partial charge in [0.15, 0.2) is 0 Å². The monoisotopic (exact) mass is 246 g/mol. The molecule has 1 aliphatic rings. The second-order valence-corrected chi connectivity index (χ2v) is 7.60. The van der Waals surface area contributed by atoms with Crippen molar-refractivity contribution < 1.29 is 4.21 Å². The van der Waals surface area contributed by atoms with Crippen molar-refractivity contribution in [1.82, 2.24) is 10.2 Å². The second-order valence-electron chi connectivity index (χ2n) is 5.91. The van der Waals surface area contributed by atoms with Crippen molar-refractivity contribution in [1.29, 1.82) is 0 Å². The van der Waals surface area contributed by atoms with Gasteiger partial charge in [-0.25, -0.2) is 0 Å². The van der Waals surface area contributed by atoms with Gasteiger partial charge in [0.2, 0.25) is 0 Å². The van der Waals surface area contributed by atoms with Crippen LogP contribution in [0.25, 0.3) is 0 Å². The number of nitrogens with zero attached hydrogens (tertiary/aromatic N) is 1. The van der Waals surface area contributed by atoms with Gasteiger partial charge in [-0.05, 0) is 32.4 Å². The van der Waals surface area contributed by atoms with E-state index in [1.54, 1.807) is 0 Å². The molecule has 1 heterocycles. The Hall–Kier alpha value is 0.0700. The Morgan fingerprint density at radius 2 is 1.88 bits per heavy atom. The summed E-state index contributed by atoms with van der Waals surface area (Å²) in [6.07, 6.45) is 2.15. The Balaban J connectivity index is 2.25. The lowest BCUT2D eigenvalue weighted by molar-refractivity contribution is 0.223. The van der Waals surface area contributed by atoms with E-state index in [2.05, 4.69) is 38.2 Å². The van der Waals surface area contributed by atoms with Crippen LogP contribution in [0.4, 0.5) is 0 Å². The third kappa shape index (κ3) is 5.41. The van der Waals surface area contributed by atoms with Gasteiger partial charge >= 0.3 is 0 Å². The molecule has 1 N–H and O–H groups in total. The van der Waals surface area contributed by atoms with Crippen LogP contribution < -0.4 is 5.32 Å². The first kappa shape index (κ1) is 14.1. The Labute approximate surface area is 102 Å². The van der Waals surface area contributed by atoms with Crippen LogP contribution in [0.15, 0.2) is 0 Å². The van der Waals surface area contributed by atoms with E-state index < -0.39 is 10.8 Å². The highest BCUT2D eigenvalue weighted by molar-refractivity contribution is 7.85. The fourth-order valence-corrected chi connectivity index (χ4v) is 3.63. The molecule has 1 saturated heterocycles. The zero-order chi connectivity index (χ0) is 12.2. The number of nitrogens with one attached hydrogen (secondary N) is 1. The van der Waals surface area contributed by atoms with Gasteiger partial charge in [0, 0.05) is 41.4 Å². The molecule has 0 aliphatic carbocycles. The normalized spacial score (nSPS) is 27.3. The molecule has 0 amide bonds. The van der Waals surface area contributed by atoms with Crippen LogP contribution in [-0.2, 0) is 10.8 Å². The molecule has 1 aliphatic heterocycles. The Morgan fingerprint density at radius 1 is 1.31 bits per heavy atom. The van der Waals surface area contributed by atoms with Crippen LogP contribution >= 0.6 is 0 Å². The molecule has 3 nitrogen and oxygen atoms in total. The zero-order valence-corrected chi connectivity index (χ0v) is 11.9. The number of rotatable bonds is 5.